The SMILES string of the molecule is CCCCCCCOc1cc(C(N)=O)ccc1N. The minimum atomic E-state index is -0.470. The highest BCUT2D eigenvalue weighted by atomic mass is 16.5. The van der Waals surface area contributed by atoms with Crippen molar-refractivity contribution in [2.75, 3.05) is 12.3 Å². The molecule has 1 rings (SSSR count). The number of amides is 1. The third kappa shape index (κ3) is 4.65. The highest BCUT2D eigenvalue weighted by Crippen LogP contribution is 2.22. The van der Waals surface area contributed by atoms with E-state index in [4.69, 9.17) is 16.2 Å². The van der Waals surface area contributed by atoms with Crippen LogP contribution in [0.5, 0.6) is 5.75 Å². The minimum absolute atomic E-state index is 0.421. The number of rotatable bonds is 8. The lowest BCUT2D eigenvalue weighted by Crippen LogP contribution is -2.11. The summed E-state index contributed by atoms with van der Waals surface area (Å²) in [7, 11) is 0. The molecule has 1 aromatic carbocycles. The quantitative estimate of drug-likeness (QED) is 0.550. The topological polar surface area (TPSA) is 78.3 Å². The first kappa shape index (κ1) is 14.4. The molecule has 18 heavy (non-hydrogen) atoms. The number of primary amides is 1. The second-order valence-corrected chi connectivity index (χ2v) is 4.38. The van der Waals surface area contributed by atoms with Crippen LogP contribution in [0.15, 0.2) is 18.2 Å². The fourth-order valence-corrected chi connectivity index (χ4v) is 1.70. The predicted octanol–water partition coefficient (Wildman–Crippen LogP) is 2.72. The molecule has 0 spiro atoms. The number of hydrogen-bond acceptors (Lipinski definition) is 3. The van der Waals surface area contributed by atoms with Crippen molar-refractivity contribution in [3.8, 4) is 5.75 Å². The van der Waals surface area contributed by atoms with E-state index < -0.39 is 5.91 Å². The van der Waals surface area contributed by atoms with Gasteiger partial charge in [0, 0.05) is 5.56 Å². The van der Waals surface area contributed by atoms with E-state index in [-0.39, 0.29) is 0 Å². The Labute approximate surface area is 108 Å². The Kier molecular flexibility index (Phi) is 6.05. The highest BCUT2D eigenvalue weighted by Gasteiger charge is 2.05. The summed E-state index contributed by atoms with van der Waals surface area (Å²) >= 11 is 0. The normalized spacial score (nSPS) is 10.3. The van der Waals surface area contributed by atoms with Crippen LogP contribution >= 0.6 is 0 Å². The average Bonchev–Trinajstić information content (AvgIpc) is 2.35. The van der Waals surface area contributed by atoms with Crippen LogP contribution in [0.4, 0.5) is 5.69 Å². The Morgan fingerprint density at radius 1 is 1.22 bits per heavy atom. The Hall–Kier alpha value is -1.71. The van der Waals surface area contributed by atoms with E-state index in [0.717, 1.165) is 12.8 Å². The zero-order valence-electron chi connectivity index (χ0n) is 10.9. The minimum Gasteiger partial charge on any atom is -0.491 e. The molecule has 0 heterocycles. The number of carbonyl (C=O) groups is 1. The van der Waals surface area contributed by atoms with Gasteiger partial charge in [0.2, 0.25) is 5.91 Å². The molecule has 0 bridgehead atoms. The molecule has 1 aromatic rings. The van der Waals surface area contributed by atoms with Crippen LogP contribution in [0, 0.1) is 0 Å². The fraction of sp³-hybridized carbons (Fsp3) is 0.500. The van der Waals surface area contributed by atoms with E-state index in [1.807, 2.05) is 0 Å². The zero-order chi connectivity index (χ0) is 13.4. The third-order valence-corrected chi connectivity index (χ3v) is 2.80. The molecule has 1 amide bonds. The van der Waals surface area contributed by atoms with E-state index in [2.05, 4.69) is 6.92 Å². The van der Waals surface area contributed by atoms with Gasteiger partial charge in [-0.15, -0.1) is 0 Å². The second-order valence-electron chi connectivity index (χ2n) is 4.38. The number of nitrogens with two attached hydrogens (primary N) is 2. The smallest absolute Gasteiger partial charge is 0.248 e. The van der Waals surface area contributed by atoms with Gasteiger partial charge in [0.25, 0.3) is 0 Å². The maximum absolute atomic E-state index is 11.0. The van der Waals surface area contributed by atoms with Crippen molar-refractivity contribution in [2.24, 2.45) is 5.73 Å². The first-order valence-electron chi connectivity index (χ1n) is 6.47. The molecular weight excluding hydrogens is 228 g/mol. The van der Waals surface area contributed by atoms with Gasteiger partial charge in [-0.2, -0.15) is 0 Å². The van der Waals surface area contributed by atoms with Crippen molar-refractivity contribution < 1.29 is 9.53 Å². The van der Waals surface area contributed by atoms with Gasteiger partial charge in [-0.05, 0) is 24.6 Å². The molecule has 0 aliphatic heterocycles. The van der Waals surface area contributed by atoms with Crippen molar-refractivity contribution in [1.82, 2.24) is 0 Å². The number of nitrogen functional groups attached to an aromatic ring is 1. The first-order valence-corrected chi connectivity index (χ1v) is 6.47. The number of carbonyl (C=O) groups excluding carboxylic acids is 1. The monoisotopic (exact) mass is 250 g/mol. The predicted molar refractivity (Wildman–Crippen MR) is 73.6 cm³/mol. The highest BCUT2D eigenvalue weighted by molar-refractivity contribution is 5.93. The van der Waals surface area contributed by atoms with E-state index in [1.54, 1.807) is 18.2 Å². The molecule has 0 radical (unpaired) electrons. The Balaban J connectivity index is 2.41. The lowest BCUT2D eigenvalue weighted by Gasteiger charge is -2.09. The summed E-state index contributed by atoms with van der Waals surface area (Å²) in [5.41, 5.74) is 11.9. The van der Waals surface area contributed by atoms with Gasteiger partial charge >= 0.3 is 0 Å². The Morgan fingerprint density at radius 2 is 1.94 bits per heavy atom. The summed E-state index contributed by atoms with van der Waals surface area (Å²) in [6, 6.07) is 4.85. The van der Waals surface area contributed by atoms with Gasteiger partial charge < -0.3 is 16.2 Å². The molecular formula is C14H22N2O2. The summed E-state index contributed by atoms with van der Waals surface area (Å²) in [4.78, 5) is 11.0. The molecule has 0 aromatic heterocycles. The molecule has 0 unspecified atom stereocenters. The van der Waals surface area contributed by atoms with Crippen LogP contribution in [0.25, 0.3) is 0 Å². The van der Waals surface area contributed by atoms with Crippen LogP contribution in [-0.2, 0) is 0 Å². The number of benzene rings is 1. The molecule has 4 nitrogen and oxygen atoms in total. The number of anilines is 1. The van der Waals surface area contributed by atoms with Gasteiger partial charge in [-0.3, -0.25) is 4.79 Å². The van der Waals surface area contributed by atoms with E-state index in [9.17, 15) is 4.79 Å². The lowest BCUT2D eigenvalue weighted by atomic mass is 10.1. The molecule has 100 valence electrons. The summed E-state index contributed by atoms with van der Waals surface area (Å²) in [5, 5.41) is 0. The van der Waals surface area contributed by atoms with Gasteiger partial charge in [0.15, 0.2) is 0 Å². The van der Waals surface area contributed by atoms with Crippen molar-refractivity contribution in [3.05, 3.63) is 23.8 Å². The van der Waals surface area contributed by atoms with Crippen molar-refractivity contribution in [1.29, 1.82) is 0 Å². The van der Waals surface area contributed by atoms with Crippen LogP contribution in [0.3, 0.4) is 0 Å². The van der Waals surface area contributed by atoms with Gasteiger partial charge in [0.05, 0.1) is 12.3 Å². The van der Waals surface area contributed by atoms with Crippen molar-refractivity contribution in [3.63, 3.8) is 0 Å². The van der Waals surface area contributed by atoms with Crippen LogP contribution in [0.1, 0.15) is 49.4 Å². The number of ether oxygens (including phenoxy) is 1. The molecule has 0 aliphatic carbocycles. The van der Waals surface area contributed by atoms with Gasteiger partial charge in [0.1, 0.15) is 5.75 Å². The van der Waals surface area contributed by atoms with Crippen molar-refractivity contribution >= 4 is 11.6 Å². The average molecular weight is 250 g/mol. The van der Waals surface area contributed by atoms with Crippen LogP contribution in [-0.4, -0.2) is 12.5 Å². The second kappa shape index (κ2) is 7.58. The lowest BCUT2D eigenvalue weighted by molar-refractivity contribution is 0.1000. The number of hydrogen-bond donors (Lipinski definition) is 2. The van der Waals surface area contributed by atoms with Gasteiger partial charge in [-0.25, -0.2) is 0 Å². The molecule has 0 saturated heterocycles. The molecule has 0 atom stereocenters. The van der Waals surface area contributed by atoms with Crippen molar-refractivity contribution in [2.45, 2.75) is 39.0 Å². The maximum atomic E-state index is 11.0. The van der Waals surface area contributed by atoms with Gasteiger partial charge in [-0.1, -0.05) is 32.6 Å². The van der Waals surface area contributed by atoms with E-state index >= 15 is 0 Å². The molecule has 4 heteroatoms. The number of unbranched alkanes of at least 4 members (excludes halogenated alkanes) is 4. The summed E-state index contributed by atoms with van der Waals surface area (Å²) in [6.45, 7) is 2.81. The van der Waals surface area contributed by atoms with Crippen LogP contribution < -0.4 is 16.2 Å². The standard InChI is InChI=1S/C14H22N2O2/c1-2-3-4-5-6-9-18-13-10-11(14(16)17)7-8-12(13)15/h7-8,10H,2-6,9,15H2,1H3,(H2,16,17). The zero-order valence-corrected chi connectivity index (χ0v) is 10.9. The fourth-order valence-electron chi connectivity index (χ4n) is 1.70. The molecule has 0 aliphatic rings. The Morgan fingerprint density at radius 3 is 2.61 bits per heavy atom. The largest absolute Gasteiger partial charge is 0.491 e. The van der Waals surface area contributed by atoms with E-state index in [1.165, 1.54) is 19.3 Å². The first-order chi connectivity index (χ1) is 8.65. The van der Waals surface area contributed by atoms with Crippen LogP contribution in [0.2, 0.25) is 0 Å². The maximum Gasteiger partial charge on any atom is 0.248 e. The molecule has 0 fully saturated rings. The summed E-state index contributed by atoms with van der Waals surface area (Å²) in [5.74, 6) is 0.0737. The Bertz CT molecular complexity index is 391. The van der Waals surface area contributed by atoms with E-state index in [0.29, 0.717) is 23.6 Å². The summed E-state index contributed by atoms with van der Waals surface area (Å²) in [6.07, 6.45) is 5.88. The molecule has 0 saturated carbocycles. The third-order valence-electron chi connectivity index (χ3n) is 2.80. The molecule has 4 N–H and O–H groups in total. The summed E-state index contributed by atoms with van der Waals surface area (Å²) < 4.78 is 5.58.